The molecule has 0 aliphatic carbocycles. The van der Waals surface area contributed by atoms with Gasteiger partial charge in [-0.2, -0.15) is 0 Å². The average molecular weight is 661 g/mol. The first kappa shape index (κ1) is 34.4. The molecule has 2 amide bonds. The smallest absolute Gasteiger partial charge is 0.344 e. The average Bonchev–Trinajstić information content (AvgIpc) is 3.70. The second-order valence-electron chi connectivity index (χ2n) is 11.5. The van der Waals surface area contributed by atoms with E-state index in [1.807, 2.05) is 53.1 Å². The van der Waals surface area contributed by atoms with Crippen LogP contribution in [0.25, 0.3) is 5.57 Å². The number of hydrogen-bond acceptors (Lipinski definition) is 6. The number of benzene rings is 3. The Balaban J connectivity index is 1.29. The number of thioether (sulfide) groups is 1. The molecule has 0 bridgehead atoms. The van der Waals surface area contributed by atoms with Gasteiger partial charge in [-0.05, 0) is 91.4 Å². The molecule has 7 nitrogen and oxygen atoms in total. The number of aryl methyl sites for hydroxylation is 1. The molecule has 5 rings (SSSR count). The topological polar surface area (TPSA) is 76.2 Å². The quantitative estimate of drug-likeness (QED) is 0.140. The first-order valence-electron chi connectivity index (χ1n) is 16.4. The van der Waals surface area contributed by atoms with Gasteiger partial charge in [0.25, 0.3) is 0 Å². The van der Waals surface area contributed by atoms with Crippen molar-refractivity contribution < 1.29 is 23.9 Å². The predicted molar refractivity (Wildman–Crippen MR) is 189 cm³/mol. The van der Waals surface area contributed by atoms with E-state index in [0.717, 1.165) is 70.0 Å². The number of hydrogen-bond donors (Lipinski definition) is 0. The van der Waals surface area contributed by atoms with Crippen molar-refractivity contribution in [1.82, 2.24) is 9.80 Å². The van der Waals surface area contributed by atoms with E-state index >= 15 is 0 Å². The van der Waals surface area contributed by atoms with Crippen molar-refractivity contribution in [1.29, 1.82) is 0 Å². The number of nitrogens with zero attached hydrogens (tertiary/aromatic N) is 2. The molecule has 0 atom stereocenters. The summed E-state index contributed by atoms with van der Waals surface area (Å²) in [5.74, 6) is 14.1. The van der Waals surface area contributed by atoms with Crippen molar-refractivity contribution in [2.45, 2.75) is 44.4 Å². The van der Waals surface area contributed by atoms with E-state index < -0.39 is 0 Å². The molecule has 2 aliphatic rings. The summed E-state index contributed by atoms with van der Waals surface area (Å²) in [6.07, 6.45) is 5.28. The maximum Gasteiger partial charge on any atom is 0.344 e. The van der Waals surface area contributed by atoms with Gasteiger partial charge in [0.1, 0.15) is 5.75 Å². The van der Waals surface area contributed by atoms with Crippen LogP contribution in [0.3, 0.4) is 0 Å². The molecule has 0 N–H and O–H groups in total. The number of esters is 1. The Morgan fingerprint density at radius 3 is 1.88 bits per heavy atom. The van der Waals surface area contributed by atoms with Crippen LogP contribution in [0.15, 0.2) is 77.7 Å². The number of amides is 2. The second-order valence-corrected chi connectivity index (χ2v) is 12.6. The summed E-state index contributed by atoms with van der Waals surface area (Å²) in [6.45, 7) is 6.45. The maximum atomic E-state index is 11.9. The standard InChI is InChI=1S/C40H40N2O5S/c1-3-46-40(45)29-47-37-21-20-35(28-30(37)2)48-27-22-36(33-16-12-31(13-17-33)8-4-23-41-25-6-10-38(41)43)34-18-14-32(15-19-34)9-5-24-42-26-7-11-39(42)44/h12-22,28H,3,6-7,10-11,23-27,29H2,1-2H3. The Labute approximate surface area is 287 Å². The van der Waals surface area contributed by atoms with Gasteiger partial charge in [-0.15, -0.1) is 11.8 Å². The molecule has 2 fully saturated rings. The van der Waals surface area contributed by atoms with Gasteiger partial charge in [0.2, 0.25) is 11.8 Å². The third-order valence-corrected chi connectivity index (χ3v) is 9.00. The zero-order valence-corrected chi connectivity index (χ0v) is 28.4. The van der Waals surface area contributed by atoms with Gasteiger partial charge in [0.05, 0.1) is 19.7 Å². The summed E-state index contributed by atoms with van der Waals surface area (Å²) in [5.41, 5.74) is 5.99. The fraction of sp³-hybridized carbons (Fsp3) is 0.325. The summed E-state index contributed by atoms with van der Waals surface area (Å²) >= 11 is 1.71. The fourth-order valence-electron chi connectivity index (χ4n) is 5.52. The normalized spacial score (nSPS) is 13.8. The summed E-state index contributed by atoms with van der Waals surface area (Å²) in [4.78, 5) is 40.2. The number of carbonyl (C=O) groups excluding carboxylic acids is 3. The second kappa shape index (κ2) is 17.3. The lowest BCUT2D eigenvalue weighted by Crippen LogP contribution is -2.24. The molecule has 2 saturated heterocycles. The van der Waals surface area contributed by atoms with Crippen LogP contribution in [0.1, 0.15) is 60.4 Å². The van der Waals surface area contributed by atoms with Gasteiger partial charge < -0.3 is 19.3 Å². The number of rotatable bonds is 11. The molecule has 0 unspecified atom stereocenters. The van der Waals surface area contributed by atoms with Crippen molar-refractivity contribution in [2.75, 3.05) is 45.1 Å². The van der Waals surface area contributed by atoms with Crippen LogP contribution in [0, 0.1) is 30.6 Å². The van der Waals surface area contributed by atoms with Gasteiger partial charge in [0, 0.05) is 47.7 Å². The lowest BCUT2D eigenvalue weighted by molar-refractivity contribution is -0.145. The molecule has 0 spiro atoms. The van der Waals surface area contributed by atoms with Gasteiger partial charge >= 0.3 is 5.97 Å². The Morgan fingerprint density at radius 2 is 1.40 bits per heavy atom. The SMILES string of the molecule is CCOC(=O)COc1ccc(SCC=C(c2ccc(C#CCN3CCCC3=O)cc2)c2ccc(C#CCN3CCCC3=O)cc2)cc1C. The molecule has 8 heteroatoms. The van der Waals surface area contributed by atoms with Gasteiger partial charge in [-0.25, -0.2) is 4.79 Å². The molecule has 0 saturated carbocycles. The van der Waals surface area contributed by atoms with Crippen LogP contribution in [-0.2, 0) is 19.1 Å². The molecule has 3 aromatic carbocycles. The lowest BCUT2D eigenvalue weighted by Gasteiger charge is -2.12. The molecule has 3 aromatic rings. The first-order chi connectivity index (χ1) is 23.4. The number of carbonyl (C=O) groups is 3. The maximum absolute atomic E-state index is 11.9. The highest BCUT2D eigenvalue weighted by Gasteiger charge is 2.19. The molecule has 246 valence electrons. The van der Waals surface area contributed by atoms with Gasteiger partial charge in [-0.3, -0.25) is 9.59 Å². The minimum atomic E-state index is -0.384. The van der Waals surface area contributed by atoms with Crippen molar-refractivity contribution in [3.8, 4) is 29.4 Å². The summed E-state index contributed by atoms with van der Waals surface area (Å²) in [7, 11) is 0. The molecular weight excluding hydrogens is 621 g/mol. The number of likely N-dealkylation sites (tertiary alicyclic amines) is 2. The Morgan fingerprint density at radius 1 is 0.833 bits per heavy atom. The Hall–Kier alpha value is -4.92. The van der Waals surface area contributed by atoms with Crippen LogP contribution in [0.5, 0.6) is 5.75 Å². The number of ether oxygens (including phenoxy) is 2. The third kappa shape index (κ3) is 9.80. The highest BCUT2D eigenvalue weighted by Crippen LogP contribution is 2.29. The Kier molecular flexibility index (Phi) is 12.4. The highest BCUT2D eigenvalue weighted by molar-refractivity contribution is 7.99. The molecule has 2 aliphatic heterocycles. The van der Waals surface area contributed by atoms with E-state index in [1.54, 1.807) is 18.7 Å². The minimum absolute atomic E-state index is 0.113. The zero-order valence-electron chi connectivity index (χ0n) is 27.6. The molecule has 0 aromatic heterocycles. The van der Waals surface area contributed by atoms with Crippen molar-refractivity contribution >= 4 is 35.1 Å². The van der Waals surface area contributed by atoms with Crippen LogP contribution >= 0.6 is 11.8 Å². The van der Waals surface area contributed by atoms with E-state index in [0.29, 0.717) is 38.3 Å². The van der Waals surface area contributed by atoms with E-state index in [-0.39, 0.29) is 24.4 Å². The molecule has 0 radical (unpaired) electrons. The third-order valence-electron chi connectivity index (χ3n) is 8.07. The molecule has 2 heterocycles. The fourth-order valence-corrected chi connectivity index (χ4v) is 6.39. The van der Waals surface area contributed by atoms with Crippen LogP contribution < -0.4 is 4.74 Å². The van der Waals surface area contributed by atoms with Crippen molar-refractivity contribution in [3.63, 3.8) is 0 Å². The molecule has 48 heavy (non-hydrogen) atoms. The van der Waals surface area contributed by atoms with Crippen LogP contribution in [0.4, 0.5) is 0 Å². The minimum Gasteiger partial charge on any atom is -0.482 e. The summed E-state index contributed by atoms with van der Waals surface area (Å²) in [5, 5.41) is 0. The largest absolute Gasteiger partial charge is 0.482 e. The van der Waals surface area contributed by atoms with E-state index in [9.17, 15) is 14.4 Å². The van der Waals surface area contributed by atoms with E-state index in [4.69, 9.17) is 9.47 Å². The van der Waals surface area contributed by atoms with Gasteiger partial charge in [0.15, 0.2) is 6.61 Å². The van der Waals surface area contributed by atoms with Gasteiger partial charge in [-0.1, -0.05) is 54.0 Å². The van der Waals surface area contributed by atoms with E-state index in [1.165, 1.54) is 0 Å². The zero-order chi connectivity index (χ0) is 33.7. The van der Waals surface area contributed by atoms with Crippen molar-refractivity contribution in [3.05, 3.63) is 101 Å². The summed E-state index contributed by atoms with van der Waals surface area (Å²) in [6, 6.07) is 22.4. The summed E-state index contributed by atoms with van der Waals surface area (Å²) < 4.78 is 10.6. The lowest BCUT2D eigenvalue weighted by atomic mass is 9.96. The first-order valence-corrected chi connectivity index (χ1v) is 17.3. The predicted octanol–water partition coefficient (Wildman–Crippen LogP) is 6.11. The van der Waals surface area contributed by atoms with E-state index in [2.05, 4.69) is 60.1 Å². The monoisotopic (exact) mass is 660 g/mol. The Bertz CT molecular complexity index is 1680. The molecular formula is C40H40N2O5S. The van der Waals surface area contributed by atoms with Crippen LogP contribution in [-0.4, -0.2) is 72.7 Å². The van der Waals surface area contributed by atoms with Crippen molar-refractivity contribution in [2.24, 2.45) is 0 Å². The highest BCUT2D eigenvalue weighted by atomic mass is 32.2. The van der Waals surface area contributed by atoms with Crippen LogP contribution in [0.2, 0.25) is 0 Å².